The van der Waals surface area contributed by atoms with E-state index in [4.69, 9.17) is 5.73 Å². The number of pyridine rings is 1. The number of carbonyl (C=O) groups is 1. The van der Waals surface area contributed by atoms with Gasteiger partial charge >= 0.3 is 0 Å². The number of rotatable bonds is 3. The van der Waals surface area contributed by atoms with Crippen LogP contribution in [0, 0.1) is 6.92 Å². The van der Waals surface area contributed by atoms with Gasteiger partial charge in [-0.2, -0.15) is 5.10 Å². The van der Waals surface area contributed by atoms with Crippen LogP contribution in [0.5, 0.6) is 0 Å². The van der Waals surface area contributed by atoms with Crippen LogP contribution in [0.2, 0.25) is 0 Å². The third-order valence-electron chi connectivity index (χ3n) is 4.32. The van der Waals surface area contributed by atoms with Crippen molar-refractivity contribution in [2.24, 2.45) is 5.73 Å². The largest absolute Gasteiger partial charge is 0.334 e. The van der Waals surface area contributed by atoms with E-state index in [0.29, 0.717) is 12.1 Å². The highest BCUT2D eigenvalue weighted by atomic mass is 35.5. The number of amides is 1. The highest BCUT2D eigenvalue weighted by Gasteiger charge is 2.30. The second-order valence-corrected chi connectivity index (χ2v) is 6.26. The predicted octanol–water partition coefficient (Wildman–Crippen LogP) is 2.73. The van der Waals surface area contributed by atoms with Gasteiger partial charge < -0.3 is 10.6 Å². The summed E-state index contributed by atoms with van der Waals surface area (Å²) >= 11 is 0. The zero-order chi connectivity index (χ0) is 15.9. The maximum absolute atomic E-state index is 13.0. The Morgan fingerprint density at radius 2 is 2.12 bits per heavy atom. The Bertz CT molecular complexity index is 716. The van der Waals surface area contributed by atoms with E-state index < -0.39 is 0 Å². The van der Waals surface area contributed by atoms with E-state index in [0.717, 1.165) is 36.1 Å². The maximum Gasteiger partial charge on any atom is 0.255 e. The van der Waals surface area contributed by atoms with E-state index in [-0.39, 0.29) is 42.8 Å². The van der Waals surface area contributed by atoms with Crippen molar-refractivity contribution in [2.75, 3.05) is 13.1 Å². The maximum atomic E-state index is 13.0. The van der Waals surface area contributed by atoms with Gasteiger partial charge in [0.15, 0.2) is 5.65 Å². The monoisotopic (exact) mass is 373 g/mol. The molecule has 0 aromatic carbocycles. The number of likely N-dealkylation sites (tertiary alicyclic amines) is 1. The number of carbonyl (C=O) groups excluding carboxylic acids is 1. The summed E-state index contributed by atoms with van der Waals surface area (Å²) in [5, 5.41) is 5.23. The number of nitrogens with zero attached hydrogens (tertiary/aromatic N) is 4. The molecule has 24 heavy (non-hydrogen) atoms. The Morgan fingerprint density at radius 3 is 2.75 bits per heavy atom. The molecule has 0 saturated carbocycles. The first-order valence-electron chi connectivity index (χ1n) is 7.88. The molecule has 0 aliphatic carbocycles. The molecule has 1 unspecified atom stereocenters. The number of fused-ring (bicyclic) bond motifs is 1. The summed E-state index contributed by atoms with van der Waals surface area (Å²) in [5.41, 5.74) is 8.11. The standard InChI is InChI=1S/C16H23N5O.2ClH/c1-10(2)21-15-14(9-18-21)13(7-11(3)19-15)16(22)20-6-4-5-12(20)8-17;;/h7,9-10,12H,4-6,8,17H2,1-3H3;2*1H. The molecule has 0 bridgehead atoms. The third kappa shape index (κ3) is 3.50. The molecular formula is C16H25Cl2N5O. The molecule has 2 aromatic heterocycles. The molecule has 1 aliphatic rings. The second-order valence-electron chi connectivity index (χ2n) is 6.26. The molecule has 1 aliphatic heterocycles. The number of aromatic nitrogens is 3. The highest BCUT2D eigenvalue weighted by Crippen LogP contribution is 2.25. The van der Waals surface area contributed by atoms with E-state index in [9.17, 15) is 4.79 Å². The van der Waals surface area contributed by atoms with E-state index in [1.165, 1.54) is 0 Å². The Morgan fingerprint density at radius 1 is 1.42 bits per heavy atom. The number of hydrogen-bond acceptors (Lipinski definition) is 4. The van der Waals surface area contributed by atoms with Crippen LogP contribution in [0.4, 0.5) is 0 Å². The molecule has 0 radical (unpaired) electrons. The minimum absolute atomic E-state index is 0. The number of nitrogens with two attached hydrogens (primary N) is 1. The van der Waals surface area contributed by atoms with Crippen LogP contribution in [-0.2, 0) is 0 Å². The van der Waals surface area contributed by atoms with E-state index in [2.05, 4.69) is 23.9 Å². The molecule has 134 valence electrons. The molecule has 8 heteroatoms. The van der Waals surface area contributed by atoms with Crippen molar-refractivity contribution < 1.29 is 4.79 Å². The Balaban J connectivity index is 0.00000144. The lowest BCUT2D eigenvalue weighted by Crippen LogP contribution is -2.40. The first kappa shape index (κ1) is 20.7. The normalized spacial score (nSPS) is 17.0. The number of hydrogen-bond donors (Lipinski definition) is 1. The summed E-state index contributed by atoms with van der Waals surface area (Å²) in [7, 11) is 0. The summed E-state index contributed by atoms with van der Waals surface area (Å²) in [6.07, 6.45) is 3.76. The van der Waals surface area contributed by atoms with Gasteiger partial charge in [0.05, 0.1) is 17.1 Å². The van der Waals surface area contributed by atoms with Crippen LogP contribution in [0.3, 0.4) is 0 Å². The predicted molar refractivity (Wildman–Crippen MR) is 100 cm³/mol. The molecule has 0 spiro atoms. The van der Waals surface area contributed by atoms with Crippen molar-refractivity contribution in [3.8, 4) is 0 Å². The summed E-state index contributed by atoms with van der Waals surface area (Å²) in [6, 6.07) is 2.22. The number of aryl methyl sites for hydroxylation is 1. The Labute approximate surface area is 154 Å². The topological polar surface area (TPSA) is 77.0 Å². The SMILES string of the molecule is Cc1cc(C(=O)N2CCCC2CN)c2cnn(C(C)C)c2n1.Cl.Cl. The zero-order valence-corrected chi connectivity index (χ0v) is 15.9. The zero-order valence-electron chi connectivity index (χ0n) is 14.2. The first-order valence-corrected chi connectivity index (χ1v) is 7.88. The van der Waals surface area contributed by atoms with Crippen molar-refractivity contribution in [1.82, 2.24) is 19.7 Å². The molecule has 2 aromatic rings. The van der Waals surface area contributed by atoms with Gasteiger partial charge in [0, 0.05) is 30.9 Å². The highest BCUT2D eigenvalue weighted by molar-refractivity contribution is 6.05. The average Bonchev–Trinajstić information content (AvgIpc) is 3.11. The fourth-order valence-corrected chi connectivity index (χ4v) is 3.20. The lowest BCUT2D eigenvalue weighted by atomic mass is 10.1. The fourth-order valence-electron chi connectivity index (χ4n) is 3.20. The minimum atomic E-state index is 0. The van der Waals surface area contributed by atoms with Crippen LogP contribution in [0.25, 0.3) is 11.0 Å². The van der Waals surface area contributed by atoms with Crippen LogP contribution in [-0.4, -0.2) is 44.7 Å². The van der Waals surface area contributed by atoms with E-state index >= 15 is 0 Å². The summed E-state index contributed by atoms with van der Waals surface area (Å²) in [6.45, 7) is 7.33. The molecule has 3 heterocycles. The second kappa shape index (κ2) is 8.14. The fraction of sp³-hybridized carbons (Fsp3) is 0.562. The Hall–Kier alpha value is -1.37. The average molecular weight is 374 g/mol. The lowest BCUT2D eigenvalue weighted by molar-refractivity contribution is 0.0743. The molecule has 1 atom stereocenters. The summed E-state index contributed by atoms with van der Waals surface area (Å²) in [4.78, 5) is 19.4. The van der Waals surface area contributed by atoms with Gasteiger partial charge in [-0.25, -0.2) is 9.67 Å². The van der Waals surface area contributed by atoms with Crippen molar-refractivity contribution in [3.05, 3.63) is 23.5 Å². The molecule has 2 N–H and O–H groups in total. The van der Waals surface area contributed by atoms with Crippen LogP contribution < -0.4 is 5.73 Å². The molecule has 3 rings (SSSR count). The summed E-state index contributed by atoms with van der Waals surface area (Å²) < 4.78 is 1.86. The summed E-state index contributed by atoms with van der Waals surface area (Å²) in [5.74, 6) is 0.0479. The molecule has 1 saturated heterocycles. The van der Waals surface area contributed by atoms with Gasteiger partial charge in [-0.05, 0) is 39.7 Å². The number of halogens is 2. The van der Waals surface area contributed by atoms with E-state index in [1.807, 2.05) is 22.6 Å². The van der Waals surface area contributed by atoms with Gasteiger partial charge in [-0.1, -0.05) is 0 Å². The van der Waals surface area contributed by atoms with Crippen LogP contribution >= 0.6 is 24.8 Å². The van der Waals surface area contributed by atoms with Gasteiger partial charge in [0.25, 0.3) is 5.91 Å². The quantitative estimate of drug-likeness (QED) is 0.896. The molecule has 1 amide bonds. The lowest BCUT2D eigenvalue weighted by Gasteiger charge is -2.24. The van der Waals surface area contributed by atoms with Gasteiger partial charge in [-0.3, -0.25) is 4.79 Å². The molecule has 6 nitrogen and oxygen atoms in total. The first-order chi connectivity index (χ1) is 10.5. The molecular weight excluding hydrogens is 349 g/mol. The third-order valence-corrected chi connectivity index (χ3v) is 4.32. The molecule has 1 fully saturated rings. The van der Waals surface area contributed by atoms with Gasteiger partial charge in [0.2, 0.25) is 0 Å². The van der Waals surface area contributed by atoms with Crippen LogP contribution in [0.1, 0.15) is 48.8 Å². The van der Waals surface area contributed by atoms with Crippen molar-refractivity contribution in [2.45, 2.75) is 45.7 Å². The minimum Gasteiger partial charge on any atom is -0.334 e. The van der Waals surface area contributed by atoms with Gasteiger partial charge in [-0.15, -0.1) is 24.8 Å². The van der Waals surface area contributed by atoms with Crippen molar-refractivity contribution in [3.63, 3.8) is 0 Å². The smallest absolute Gasteiger partial charge is 0.255 e. The van der Waals surface area contributed by atoms with E-state index in [1.54, 1.807) is 6.20 Å². The van der Waals surface area contributed by atoms with Crippen molar-refractivity contribution >= 4 is 41.8 Å². The Kier molecular flexibility index (Phi) is 7.01. The van der Waals surface area contributed by atoms with Crippen LogP contribution in [0.15, 0.2) is 12.3 Å². The van der Waals surface area contributed by atoms with Gasteiger partial charge in [0.1, 0.15) is 0 Å². The van der Waals surface area contributed by atoms with Crippen molar-refractivity contribution in [1.29, 1.82) is 0 Å².